The van der Waals surface area contributed by atoms with E-state index in [9.17, 15) is 4.79 Å². The first-order valence-electron chi connectivity index (χ1n) is 5.36. The van der Waals surface area contributed by atoms with Crippen molar-refractivity contribution in [2.24, 2.45) is 0 Å². The Morgan fingerprint density at radius 1 is 1.47 bits per heavy atom. The van der Waals surface area contributed by atoms with Crippen LogP contribution in [0.3, 0.4) is 0 Å². The number of hydrogen-bond donors (Lipinski definition) is 1. The predicted molar refractivity (Wildman–Crippen MR) is 69.5 cm³/mol. The van der Waals surface area contributed by atoms with Crippen LogP contribution in [0.2, 0.25) is 0 Å². The summed E-state index contributed by atoms with van der Waals surface area (Å²) < 4.78 is 2.11. The van der Waals surface area contributed by atoms with Crippen LogP contribution in [-0.2, 0) is 0 Å². The van der Waals surface area contributed by atoms with E-state index in [0.717, 1.165) is 11.3 Å². The molecule has 0 saturated heterocycles. The minimum absolute atomic E-state index is 0.0598. The molecule has 0 aliphatic carbocycles. The van der Waals surface area contributed by atoms with E-state index in [2.05, 4.69) is 9.97 Å². The second-order valence-electron chi connectivity index (χ2n) is 4.03. The van der Waals surface area contributed by atoms with Crippen LogP contribution in [0.4, 0.5) is 0 Å². The standard InChI is InChI=1S/C12H13N3OS/c1-8(2)15-10(6-11(17)14-12(15)16)9-4-3-5-13-7-9/h3-8H,1-2H3,(H,14,16,17). The first kappa shape index (κ1) is 11.7. The van der Waals surface area contributed by atoms with Crippen molar-refractivity contribution in [1.82, 2.24) is 14.5 Å². The monoisotopic (exact) mass is 247 g/mol. The van der Waals surface area contributed by atoms with Gasteiger partial charge < -0.3 is 0 Å². The van der Waals surface area contributed by atoms with Gasteiger partial charge in [-0.05, 0) is 32.0 Å². The van der Waals surface area contributed by atoms with Gasteiger partial charge in [0.05, 0.1) is 5.69 Å². The molecular weight excluding hydrogens is 234 g/mol. The molecule has 0 aromatic carbocycles. The van der Waals surface area contributed by atoms with Crippen molar-refractivity contribution < 1.29 is 0 Å². The number of pyridine rings is 1. The molecule has 0 aliphatic rings. The Morgan fingerprint density at radius 3 is 2.82 bits per heavy atom. The quantitative estimate of drug-likeness (QED) is 0.830. The van der Waals surface area contributed by atoms with Crippen LogP contribution in [0.1, 0.15) is 19.9 Å². The second-order valence-corrected chi connectivity index (χ2v) is 4.47. The number of hydrogen-bond acceptors (Lipinski definition) is 3. The molecule has 4 nitrogen and oxygen atoms in total. The summed E-state index contributed by atoms with van der Waals surface area (Å²) in [4.78, 5) is 18.6. The molecule has 0 unspecified atom stereocenters. The molecule has 0 radical (unpaired) electrons. The molecule has 0 amide bonds. The van der Waals surface area contributed by atoms with Crippen molar-refractivity contribution in [2.45, 2.75) is 19.9 Å². The minimum atomic E-state index is -0.189. The Morgan fingerprint density at radius 2 is 2.24 bits per heavy atom. The van der Waals surface area contributed by atoms with Crippen LogP contribution in [0, 0.1) is 4.64 Å². The number of aromatic nitrogens is 3. The van der Waals surface area contributed by atoms with E-state index in [1.807, 2.05) is 26.0 Å². The van der Waals surface area contributed by atoms with Gasteiger partial charge in [0.25, 0.3) is 0 Å². The summed E-state index contributed by atoms with van der Waals surface area (Å²) in [6.45, 7) is 3.91. The third kappa shape index (κ3) is 2.34. The summed E-state index contributed by atoms with van der Waals surface area (Å²) in [5.41, 5.74) is 1.49. The zero-order valence-electron chi connectivity index (χ0n) is 9.68. The third-order valence-electron chi connectivity index (χ3n) is 2.45. The number of rotatable bonds is 2. The molecule has 0 spiro atoms. The average Bonchev–Trinajstić information content (AvgIpc) is 2.28. The molecule has 0 fully saturated rings. The van der Waals surface area contributed by atoms with Crippen LogP contribution >= 0.6 is 12.2 Å². The van der Waals surface area contributed by atoms with E-state index in [1.165, 1.54) is 0 Å². The SMILES string of the molecule is CC(C)n1c(-c2cccnc2)cc(=S)[nH]c1=O. The van der Waals surface area contributed by atoms with Crippen molar-refractivity contribution in [3.63, 3.8) is 0 Å². The molecule has 0 aliphatic heterocycles. The fraction of sp³-hybridized carbons (Fsp3) is 0.250. The van der Waals surface area contributed by atoms with Crippen LogP contribution in [0.15, 0.2) is 35.4 Å². The van der Waals surface area contributed by atoms with Gasteiger partial charge in [-0.1, -0.05) is 12.2 Å². The van der Waals surface area contributed by atoms with Gasteiger partial charge in [-0.25, -0.2) is 4.79 Å². The lowest BCUT2D eigenvalue weighted by Gasteiger charge is -2.15. The van der Waals surface area contributed by atoms with Gasteiger partial charge >= 0.3 is 5.69 Å². The van der Waals surface area contributed by atoms with Crippen molar-refractivity contribution >= 4 is 12.2 Å². The van der Waals surface area contributed by atoms with Crippen LogP contribution in [-0.4, -0.2) is 14.5 Å². The largest absolute Gasteiger partial charge is 0.327 e. The van der Waals surface area contributed by atoms with Gasteiger partial charge in [-0.3, -0.25) is 14.5 Å². The molecule has 2 rings (SSSR count). The first-order valence-corrected chi connectivity index (χ1v) is 5.76. The fourth-order valence-corrected chi connectivity index (χ4v) is 1.95. The predicted octanol–water partition coefficient (Wildman–Crippen LogP) is 2.55. The van der Waals surface area contributed by atoms with Crippen LogP contribution in [0.5, 0.6) is 0 Å². The highest BCUT2D eigenvalue weighted by Gasteiger charge is 2.09. The average molecular weight is 247 g/mol. The Bertz CT molecular complexity index is 628. The Balaban J connectivity index is 2.77. The highest BCUT2D eigenvalue weighted by molar-refractivity contribution is 7.71. The smallest absolute Gasteiger partial charge is 0.298 e. The molecule has 2 heterocycles. The zero-order valence-corrected chi connectivity index (χ0v) is 10.5. The minimum Gasteiger partial charge on any atom is -0.298 e. The zero-order chi connectivity index (χ0) is 12.4. The van der Waals surface area contributed by atoms with E-state index >= 15 is 0 Å². The van der Waals surface area contributed by atoms with E-state index in [1.54, 1.807) is 23.0 Å². The molecular formula is C12H13N3OS. The third-order valence-corrected chi connectivity index (χ3v) is 2.67. The molecule has 0 saturated carbocycles. The van der Waals surface area contributed by atoms with Gasteiger partial charge in [0.1, 0.15) is 4.64 Å². The lowest BCUT2D eigenvalue weighted by Crippen LogP contribution is -2.26. The maximum Gasteiger partial charge on any atom is 0.327 e. The van der Waals surface area contributed by atoms with Crippen molar-refractivity contribution in [3.05, 3.63) is 45.7 Å². The lowest BCUT2D eigenvalue weighted by molar-refractivity contribution is 0.569. The Hall–Kier alpha value is -1.75. The number of nitrogens with zero attached hydrogens (tertiary/aromatic N) is 2. The van der Waals surface area contributed by atoms with Gasteiger partial charge in [-0.15, -0.1) is 0 Å². The molecule has 0 bridgehead atoms. The molecule has 1 N–H and O–H groups in total. The molecule has 17 heavy (non-hydrogen) atoms. The van der Waals surface area contributed by atoms with E-state index < -0.39 is 0 Å². The second kappa shape index (κ2) is 4.63. The number of aromatic amines is 1. The summed E-state index contributed by atoms with van der Waals surface area (Å²) in [5.74, 6) is 0. The molecule has 2 aromatic rings. The highest BCUT2D eigenvalue weighted by atomic mass is 32.1. The molecule has 2 aromatic heterocycles. The summed E-state index contributed by atoms with van der Waals surface area (Å²) >= 11 is 5.04. The van der Waals surface area contributed by atoms with Gasteiger partial charge in [0, 0.05) is 24.0 Å². The Labute approximate surface area is 104 Å². The number of nitrogens with one attached hydrogen (secondary N) is 1. The van der Waals surface area contributed by atoms with E-state index in [-0.39, 0.29) is 11.7 Å². The Kier molecular flexibility index (Phi) is 3.19. The van der Waals surface area contributed by atoms with E-state index in [4.69, 9.17) is 12.2 Å². The lowest BCUT2D eigenvalue weighted by atomic mass is 10.2. The van der Waals surface area contributed by atoms with Gasteiger partial charge in [-0.2, -0.15) is 0 Å². The molecule has 88 valence electrons. The van der Waals surface area contributed by atoms with E-state index in [0.29, 0.717) is 4.64 Å². The van der Waals surface area contributed by atoms with Gasteiger partial charge in [0.15, 0.2) is 0 Å². The molecule has 0 atom stereocenters. The van der Waals surface area contributed by atoms with Crippen molar-refractivity contribution in [1.29, 1.82) is 0 Å². The normalized spacial score (nSPS) is 10.8. The summed E-state index contributed by atoms with van der Waals surface area (Å²) in [6.07, 6.45) is 3.42. The summed E-state index contributed by atoms with van der Waals surface area (Å²) in [5, 5.41) is 0. The molecule has 5 heteroatoms. The maximum absolute atomic E-state index is 11.9. The summed E-state index contributed by atoms with van der Waals surface area (Å²) in [6, 6.07) is 5.59. The maximum atomic E-state index is 11.9. The van der Waals surface area contributed by atoms with Crippen molar-refractivity contribution in [3.8, 4) is 11.3 Å². The van der Waals surface area contributed by atoms with Crippen molar-refractivity contribution in [2.75, 3.05) is 0 Å². The number of H-pyrrole nitrogens is 1. The van der Waals surface area contributed by atoms with Crippen LogP contribution < -0.4 is 5.69 Å². The highest BCUT2D eigenvalue weighted by Crippen LogP contribution is 2.19. The fourth-order valence-electron chi connectivity index (χ4n) is 1.75. The topological polar surface area (TPSA) is 50.7 Å². The summed E-state index contributed by atoms with van der Waals surface area (Å²) in [7, 11) is 0. The van der Waals surface area contributed by atoms with Gasteiger partial charge in [0.2, 0.25) is 0 Å². The first-order chi connectivity index (χ1) is 8.09. The van der Waals surface area contributed by atoms with Crippen LogP contribution in [0.25, 0.3) is 11.3 Å².